The molecule has 2 saturated carbocycles. The topological polar surface area (TPSA) is 123 Å². The van der Waals surface area contributed by atoms with Gasteiger partial charge < -0.3 is 29.5 Å². The van der Waals surface area contributed by atoms with E-state index in [0.717, 1.165) is 0 Å². The molecule has 3 N–H and O–H groups in total. The smallest absolute Gasteiger partial charge is 0.303 e. The van der Waals surface area contributed by atoms with Gasteiger partial charge in [0.15, 0.2) is 11.7 Å². The van der Waals surface area contributed by atoms with Gasteiger partial charge in [-0.25, -0.2) is 0 Å². The van der Waals surface area contributed by atoms with Crippen LogP contribution in [0, 0.1) is 28.6 Å². The second-order valence-electron chi connectivity index (χ2n) is 12.0. The van der Waals surface area contributed by atoms with Crippen LogP contribution in [0.5, 0.6) is 0 Å². The minimum absolute atomic E-state index is 0.0853. The van der Waals surface area contributed by atoms with E-state index >= 15 is 0 Å². The van der Waals surface area contributed by atoms with E-state index in [9.17, 15) is 24.9 Å². The minimum Gasteiger partial charge on any atom is -0.455 e. The van der Waals surface area contributed by atoms with Gasteiger partial charge in [0.2, 0.25) is 0 Å². The fraction of sp³-hybridized carbons (Fsp3) is 0.846. The van der Waals surface area contributed by atoms with Crippen LogP contribution in [0.25, 0.3) is 0 Å². The highest BCUT2D eigenvalue weighted by molar-refractivity contribution is 5.67. The van der Waals surface area contributed by atoms with Gasteiger partial charge in [-0.2, -0.15) is 0 Å². The molecule has 10 atom stereocenters. The quantitative estimate of drug-likeness (QED) is 0.406. The first-order valence-corrected chi connectivity index (χ1v) is 12.3. The lowest BCUT2D eigenvalue weighted by atomic mass is 9.41. The van der Waals surface area contributed by atoms with Crippen molar-refractivity contribution in [3.63, 3.8) is 0 Å². The minimum atomic E-state index is -1.43. The van der Waals surface area contributed by atoms with E-state index in [1.54, 1.807) is 6.92 Å². The molecule has 34 heavy (non-hydrogen) atoms. The molecule has 4 aliphatic rings. The van der Waals surface area contributed by atoms with Crippen LogP contribution in [-0.4, -0.2) is 69.5 Å². The average molecular weight is 481 g/mol. The maximum atomic E-state index is 12.4. The lowest BCUT2D eigenvalue weighted by molar-refractivity contribution is -0.351. The summed E-state index contributed by atoms with van der Waals surface area (Å²) >= 11 is 0. The monoisotopic (exact) mass is 480 g/mol. The van der Waals surface area contributed by atoms with Crippen LogP contribution < -0.4 is 0 Å². The molecule has 192 valence electrons. The Hall–Kier alpha value is -1.48. The first kappa shape index (κ1) is 25.6. The van der Waals surface area contributed by atoms with E-state index in [-0.39, 0.29) is 25.0 Å². The van der Waals surface area contributed by atoms with Crippen LogP contribution in [0.4, 0.5) is 0 Å². The van der Waals surface area contributed by atoms with Crippen molar-refractivity contribution in [2.75, 3.05) is 6.61 Å². The highest BCUT2D eigenvalue weighted by Crippen LogP contribution is 2.67. The molecule has 8 heteroatoms. The predicted molar refractivity (Wildman–Crippen MR) is 122 cm³/mol. The fourth-order valence-electron chi connectivity index (χ4n) is 8.20. The molecule has 0 aromatic rings. The Morgan fingerprint density at radius 1 is 1.09 bits per heavy atom. The molecule has 4 rings (SSSR count). The summed E-state index contributed by atoms with van der Waals surface area (Å²) in [5, 5.41) is 35.6. The van der Waals surface area contributed by atoms with Crippen molar-refractivity contribution in [1.29, 1.82) is 0 Å². The highest BCUT2D eigenvalue weighted by Gasteiger charge is 2.75. The number of aliphatic hydroxyl groups excluding tert-OH is 2. The Balaban J connectivity index is 2.04. The zero-order valence-corrected chi connectivity index (χ0v) is 21.5. The molecule has 1 aliphatic heterocycles. The Labute approximate surface area is 201 Å². The Morgan fingerprint density at radius 2 is 1.71 bits per heavy atom. The van der Waals surface area contributed by atoms with Gasteiger partial charge in [-0.15, -0.1) is 0 Å². The molecule has 0 radical (unpaired) electrons. The number of carbonyl (C=O) groups excluding carboxylic acids is 2. The Morgan fingerprint density at radius 3 is 2.21 bits per heavy atom. The molecule has 8 nitrogen and oxygen atoms in total. The molecule has 0 unspecified atom stereocenters. The molecule has 0 spiro atoms. The number of hydrogen-bond acceptors (Lipinski definition) is 8. The van der Waals surface area contributed by atoms with Crippen molar-refractivity contribution in [3.05, 3.63) is 11.1 Å². The summed E-state index contributed by atoms with van der Waals surface area (Å²) in [6.45, 7) is 14.2. The second-order valence-corrected chi connectivity index (χ2v) is 12.0. The van der Waals surface area contributed by atoms with Crippen molar-refractivity contribution in [3.8, 4) is 0 Å². The number of rotatable bonds is 2. The van der Waals surface area contributed by atoms with Gasteiger partial charge in [-0.05, 0) is 36.3 Å². The van der Waals surface area contributed by atoms with E-state index in [0.29, 0.717) is 17.6 Å². The highest BCUT2D eigenvalue weighted by atomic mass is 16.6. The molecule has 1 heterocycles. The van der Waals surface area contributed by atoms with Crippen molar-refractivity contribution in [1.82, 2.24) is 0 Å². The van der Waals surface area contributed by atoms with Crippen molar-refractivity contribution in [2.45, 2.75) is 104 Å². The van der Waals surface area contributed by atoms with Crippen LogP contribution in [0.3, 0.4) is 0 Å². The molecule has 3 aliphatic carbocycles. The second kappa shape index (κ2) is 7.76. The van der Waals surface area contributed by atoms with E-state index in [2.05, 4.69) is 0 Å². The van der Waals surface area contributed by atoms with E-state index in [1.165, 1.54) is 13.8 Å². The molecule has 2 bridgehead atoms. The van der Waals surface area contributed by atoms with Gasteiger partial charge >= 0.3 is 11.9 Å². The van der Waals surface area contributed by atoms with E-state index in [1.807, 2.05) is 34.6 Å². The SMILES string of the molecule is CC(=O)O[C@@H]1C2=C(C)[C@@H](O)C[C@@](O)([C@@H](C)[C@@H]3[C@]4(OC(C)=O)CO[C@@H]4C[C@H](C)[C@@]3(C)[C@H]1O)C2(C)C. The third kappa shape index (κ3) is 3.04. The average Bonchev–Trinajstić information content (AvgIpc) is 2.71. The Kier molecular flexibility index (Phi) is 5.84. The van der Waals surface area contributed by atoms with Crippen LogP contribution in [0.1, 0.15) is 68.2 Å². The van der Waals surface area contributed by atoms with E-state index < -0.39 is 64.1 Å². The number of carbonyl (C=O) groups is 2. The van der Waals surface area contributed by atoms with Gasteiger partial charge in [0, 0.05) is 37.0 Å². The largest absolute Gasteiger partial charge is 0.455 e. The number of fused-ring (bicyclic) bond motifs is 5. The molecule has 1 saturated heterocycles. The van der Waals surface area contributed by atoms with Gasteiger partial charge in [-0.1, -0.05) is 34.6 Å². The summed E-state index contributed by atoms with van der Waals surface area (Å²) in [6, 6.07) is 0. The Bertz CT molecular complexity index is 926. The first-order chi connectivity index (χ1) is 15.6. The molecule has 0 aromatic heterocycles. The number of aliphatic hydroxyl groups is 3. The maximum Gasteiger partial charge on any atom is 0.303 e. The normalized spacial score (nSPS) is 49.6. The van der Waals surface area contributed by atoms with Crippen molar-refractivity contribution < 1.29 is 39.1 Å². The molecule has 3 fully saturated rings. The summed E-state index contributed by atoms with van der Waals surface area (Å²) in [5.41, 5.74) is -3.14. The zero-order chi connectivity index (χ0) is 25.6. The first-order valence-electron chi connectivity index (χ1n) is 12.3. The number of hydrogen-bond donors (Lipinski definition) is 3. The van der Waals surface area contributed by atoms with E-state index in [4.69, 9.17) is 14.2 Å². The lowest BCUT2D eigenvalue weighted by Gasteiger charge is -2.70. The summed E-state index contributed by atoms with van der Waals surface area (Å²) in [6.07, 6.45) is -2.91. The molecular weight excluding hydrogens is 440 g/mol. The maximum absolute atomic E-state index is 12.4. The summed E-state index contributed by atoms with van der Waals surface area (Å²) < 4.78 is 17.7. The summed E-state index contributed by atoms with van der Waals surface area (Å²) in [5.74, 6) is -2.11. The zero-order valence-electron chi connectivity index (χ0n) is 21.5. The lowest BCUT2D eigenvalue weighted by Crippen LogP contribution is -2.79. The fourth-order valence-corrected chi connectivity index (χ4v) is 8.20. The third-order valence-electron chi connectivity index (χ3n) is 10.2. The van der Waals surface area contributed by atoms with Crippen LogP contribution >= 0.6 is 0 Å². The van der Waals surface area contributed by atoms with Crippen LogP contribution in [0.15, 0.2) is 11.1 Å². The standard InChI is InChI=1S/C26H40O8/c1-12-9-18-25(11-32-18,34-16(5)28)21-14(3)26(31)10-17(29)13(2)19(23(26,6)7)20(33-15(4)27)22(30)24(12,21)8/h12,14,17-18,20-22,29-31H,9-11H2,1-8H3/t12-,14-,17-,18+,20+,21-,22-,24+,25-,26+/m0/s1. The van der Waals surface area contributed by atoms with Crippen LogP contribution in [0.2, 0.25) is 0 Å². The van der Waals surface area contributed by atoms with Crippen molar-refractivity contribution >= 4 is 11.9 Å². The molecule has 0 aromatic carbocycles. The molecule has 0 amide bonds. The molecular formula is C26H40O8. The number of ether oxygens (including phenoxy) is 3. The van der Waals surface area contributed by atoms with Gasteiger partial charge in [-0.3, -0.25) is 9.59 Å². The summed E-state index contributed by atoms with van der Waals surface area (Å²) in [7, 11) is 0. The van der Waals surface area contributed by atoms with Gasteiger partial charge in [0.05, 0.1) is 18.3 Å². The summed E-state index contributed by atoms with van der Waals surface area (Å²) in [4.78, 5) is 24.6. The van der Waals surface area contributed by atoms with Crippen molar-refractivity contribution in [2.24, 2.45) is 28.6 Å². The third-order valence-corrected chi connectivity index (χ3v) is 10.2. The number of esters is 2. The van der Waals surface area contributed by atoms with Crippen LogP contribution in [-0.2, 0) is 23.8 Å². The predicted octanol–water partition coefficient (Wildman–Crippen LogP) is 2.13. The van der Waals surface area contributed by atoms with Gasteiger partial charge in [0.25, 0.3) is 0 Å². The van der Waals surface area contributed by atoms with Gasteiger partial charge in [0.1, 0.15) is 12.2 Å².